The molecule has 0 saturated heterocycles. The summed E-state index contributed by atoms with van der Waals surface area (Å²) in [4.78, 5) is 4.11. The van der Waals surface area contributed by atoms with Gasteiger partial charge in [0.25, 0.3) is 0 Å². The Balaban J connectivity index is 2.24. The first-order chi connectivity index (χ1) is 7.88. The molecule has 3 rings (SSSR count). The summed E-state index contributed by atoms with van der Waals surface area (Å²) in [5.41, 5.74) is 1.69. The average molecular weight is 224 g/mol. The Hall–Kier alpha value is -2.05. The van der Waals surface area contributed by atoms with Crippen molar-refractivity contribution in [3.8, 4) is 16.5 Å². The van der Waals surface area contributed by atoms with Crippen molar-refractivity contribution >= 4 is 21.4 Å². The van der Waals surface area contributed by atoms with Crippen molar-refractivity contribution in [1.82, 2.24) is 4.98 Å². The zero-order valence-electron chi connectivity index (χ0n) is 8.40. The second-order valence-corrected chi connectivity index (χ2v) is 4.63. The Morgan fingerprint density at radius 3 is 2.88 bits per heavy atom. The molecule has 0 amide bonds. The normalized spacial score (nSPS) is 10.4. The van der Waals surface area contributed by atoms with E-state index in [2.05, 4.69) is 29.3 Å². The molecule has 0 saturated carbocycles. The van der Waals surface area contributed by atoms with E-state index in [0.29, 0.717) is 5.56 Å². The number of nitrogens with zero attached hydrogens (tertiary/aromatic N) is 1. The molecule has 76 valence electrons. The SMILES string of the molecule is N#Cc1c[nH]cc1-c1cc2ccccc2s1. The molecule has 0 aliphatic carbocycles. The van der Waals surface area contributed by atoms with Crippen molar-refractivity contribution in [3.63, 3.8) is 0 Å². The number of aromatic amines is 1. The van der Waals surface area contributed by atoms with Crippen molar-refractivity contribution in [2.75, 3.05) is 0 Å². The van der Waals surface area contributed by atoms with Crippen LogP contribution in [0.15, 0.2) is 42.7 Å². The van der Waals surface area contributed by atoms with Crippen molar-refractivity contribution in [2.24, 2.45) is 0 Å². The van der Waals surface area contributed by atoms with E-state index in [9.17, 15) is 0 Å². The van der Waals surface area contributed by atoms with Gasteiger partial charge < -0.3 is 4.98 Å². The number of rotatable bonds is 1. The third-order valence-corrected chi connectivity index (χ3v) is 3.71. The van der Waals surface area contributed by atoms with Gasteiger partial charge in [0, 0.05) is 27.5 Å². The second-order valence-electron chi connectivity index (χ2n) is 3.54. The van der Waals surface area contributed by atoms with E-state index < -0.39 is 0 Å². The van der Waals surface area contributed by atoms with Crippen LogP contribution in [0, 0.1) is 11.3 Å². The van der Waals surface area contributed by atoms with Crippen LogP contribution in [0.1, 0.15) is 5.56 Å². The molecule has 0 fully saturated rings. The van der Waals surface area contributed by atoms with Crippen molar-refractivity contribution < 1.29 is 0 Å². The topological polar surface area (TPSA) is 39.6 Å². The molecule has 0 aliphatic heterocycles. The molecule has 3 aromatic rings. The molecule has 1 N–H and O–H groups in total. The number of aromatic nitrogens is 1. The number of nitrogens with one attached hydrogen (secondary N) is 1. The Morgan fingerprint density at radius 1 is 1.19 bits per heavy atom. The fourth-order valence-corrected chi connectivity index (χ4v) is 2.87. The molecule has 0 atom stereocenters. The third-order valence-electron chi connectivity index (χ3n) is 2.56. The van der Waals surface area contributed by atoms with E-state index >= 15 is 0 Å². The van der Waals surface area contributed by atoms with E-state index in [-0.39, 0.29) is 0 Å². The minimum absolute atomic E-state index is 0.701. The van der Waals surface area contributed by atoms with E-state index in [0.717, 1.165) is 10.4 Å². The third kappa shape index (κ3) is 1.32. The highest BCUT2D eigenvalue weighted by Crippen LogP contribution is 2.34. The summed E-state index contributed by atoms with van der Waals surface area (Å²) in [7, 11) is 0. The number of H-pyrrole nitrogens is 1. The van der Waals surface area contributed by atoms with Gasteiger partial charge in [0.1, 0.15) is 6.07 Å². The van der Waals surface area contributed by atoms with Crippen LogP contribution in [0.25, 0.3) is 20.5 Å². The van der Waals surface area contributed by atoms with Gasteiger partial charge in [-0.25, -0.2) is 0 Å². The minimum atomic E-state index is 0.701. The van der Waals surface area contributed by atoms with Gasteiger partial charge in [-0.2, -0.15) is 5.26 Å². The first-order valence-corrected chi connectivity index (χ1v) is 5.76. The van der Waals surface area contributed by atoms with Crippen LogP contribution in [0.3, 0.4) is 0 Å². The lowest BCUT2D eigenvalue weighted by molar-refractivity contribution is 1.40. The van der Waals surface area contributed by atoms with Gasteiger partial charge in [0.2, 0.25) is 0 Å². The molecule has 0 aliphatic rings. The average Bonchev–Trinajstić information content (AvgIpc) is 2.94. The molecule has 2 aromatic heterocycles. The van der Waals surface area contributed by atoms with Crippen LogP contribution in [0.4, 0.5) is 0 Å². The maximum atomic E-state index is 8.98. The van der Waals surface area contributed by atoms with Crippen LogP contribution in [-0.4, -0.2) is 4.98 Å². The lowest BCUT2D eigenvalue weighted by Gasteiger charge is -1.90. The number of nitriles is 1. The highest BCUT2D eigenvalue weighted by molar-refractivity contribution is 7.22. The lowest BCUT2D eigenvalue weighted by Crippen LogP contribution is -1.71. The second kappa shape index (κ2) is 3.51. The number of hydrogen-bond donors (Lipinski definition) is 1. The molecule has 0 radical (unpaired) electrons. The number of benzene rings is 1. The maximum Gasteiger partial charge on any atom is 0.101 e. The molecule has 0 bridgehead atoms. The summed E-state index contributed by atoms with van der Waals surface area (Å²) in [6, 6.07) is 12.6. The van der Waals surface area contributed by atoms with E-state index in [4.69, 9.17) is 5.26 Å². The maximum absolute atomic E-state index is 8.98. The predicted octanol–water partition coefficient (Wildman–Crippen LogP) is 3.77. The Kier molecular flexibility index (Phi) is 2.02. The summed E-state index contributed by atoms with van der Waals surface area (Å²) in [5, 5.41) is 10.2. The summed E-state index contributed by atoms with van der Waals surface area (Å²) in [6.07, 6.45) is 3.61. The van der Waals surface area contributed by atoms with E-state index in [1.807, 2.05) is 18.3 Å². The fourth-order valence-electron chi connectivity index (χ4n) is 1.77. The number of thiophene rings is 1. The first-order valence-electron chi connectivity index (χ1n) is 4.94. The molecule has 0 unspecified atom stereocenters. The molecule has 2 heterocycles. The van der Waals surface area contributed by atoms with Crippen LogP contribution in [-0.2, 0) is 0 Å². The fraction of sp³-hybridized carbons (Fsp3) is 0. The minimum Gasteiger partial charge on any atom is -0.366 e. The molecule has 2 nitrogen and oxygen atoms in total. The van der Waals surface area contributed by atoms with Gasteiger partial charge in [0.05, 0.1) is 5.56 Å². The molecule has 16 heavy (non-hydrogen) atoms. The Bertz CT molecular complexity index is 652. The predicted molar refractivity (Wildman–Crippen MR) is 66.3 cm³/mol. The summed E-state index contributed by atoms with van der Waals surface area (Å²) >= 11 is 1.71. The van der Waals surface area contributed by atoms with Crippen molar-refractivity contribution in [2.45, 2.75) is 0 Å². The monoisotopic (exact) mass is 224 g/mol. The van der Waals surface area contributed by atoms with Gasteiger partial charge in [-0.15, -0.1) is 11.3 Å². The highest BCUT2D eigenvalue weighted by Gasteiger charge is 2.08. The van der Waals surface area contributed by atoms with Crippen LogP contribution in [0.2, 0.25) is 0 Å². The number of hydrogen-bond acceptors (Lipinski definition) is 2. The quantitative estimate of drug-likeness (QED) is 0.671. The molecular weight excluding hydrogens is 216 g/mol. The van der Waals surface area contributed by atoms with Gasteiger partial charge in [0.15, 0.2) is 0 Å². The van der Waals surface area contributed by atoms with Crippen molar-refractivity contribution in [1.29, 1.82) is 5.26 Å². The van der Waals surface area contributed by atoms with Gasteiger partial charge >= 0.3 is 0 Å². The lowest BCUT2D eigenvalue weighted by atomic mass is 10.1. The Labute approximate surface area is 96.8 Å². The summed E-state index contributed by atoms with van der Waals surface area (Å²) in [5.74, 6) is 0. The van der Waals surface area contributed by atoms with E-state index in [1.54, 1.807) is 17.5 Å². The van der Waals surface area contributed by atoms with Crippen LogP contribution >= 0.6 is 11.3 Å². The van der Waals surface area contributed by atoms with Gasteiger partial charge in [-0.05, 0) is 17.5 Å². The number of fused-ring (bicyclic) bond motifs is 1. The molecular formula is C13H8N2S. The standard InChI is InChI=1S/C13H8N2S/c14-6-10-7-15-8-11(10)13-5-9-3-1-2-4-12(9)16-13/h1-5,7-8,15H. The van der Waals surface area contributed by atoms with Crippen molar-refractivity contribution in [3.05, 3.63) is 48.3 Å². The van der Waals surface area contributed by atoms with Gasteiger partial charge in [-0.3, -0.25) is 0 Å². The van der Waals surface area contributed by atoms with E-state index in [1.165, 1.54) is 10.1 Å². The highest BCUT2D eigenvalue weighted by atomic mass is 32.1. The van der Waals surface area contributed by atoms with Gasteiger partial charge in [-0.1, -0.05) is 18.2 Å². The summed E-state index contributed by atoms with van der Waals surface area (Å²) < 4.78 is 1.25. The largest absolute Gasteiger partial charge is 0.366 e. The molecule has 3 heteroatoms. The zero-order valence-corrected chi connectivity index (χ0v) is 9.21. The zero-order chi connectivity index (χ0) is 11.0. The molecule has 0 spiro atoms. The van der Waals surface area contributed by atoms with Crippen LogP contribution < -0.4 is 0 Å². The van der Waals surface area contributed by atoms with Crippen LogP contribution in [0.5, 0.6) is 0 Å². The summed E-state index contributed by atoms with van der Waals surface area (Å²) in [6.45, 7) is 0. The first kappa shape index (κ1) is 9.20. The Morgan fingerprint density at radius 2 is 2.06 bits per heavy atom. The smallest absolute Gasteiger partial charge is 0.101 e. The molecule has 1 aromatic carbocycles.